The molecule has 3 aromatic rings. The van der Waals surface area contributed by atoms with Crippen LogP contribution in [-0.4, -0.2) is 57.1 Å². The lowest BCUT2D eigenvalue weighted by atomic mass is 9.94. The molecular formula is C34H42BrN3O5S. The van der Waals surface area contributed by atoms with Crippen molar-refractivity contribution in [3.8, 4) is 5.75 Å². The van der Waals surface area contributed by atoms with Crippen LogP contribution in [0.25, 0.3) is 0 Å². The Bertz CT molecular complexity index is 1480. The Morgan fingerprint density at radius 2 is 1.59 bits per heavy atom. The zero-order valence-corrected chi connectivity index (χ0v) is 27.9. The Morgan fingerprint density at radius 3 is 2.25 bits per heavy atom. The fraction of sp³-hybridized carbons (Fsp3) is 0.412. The van der Waals surface area contributed by atoms with Crippen molar-refractivity contribution in [2.45, 2.75) is 70.0 Å². The number of benzene rings is 3. The zero-order valence-electron chi connectivity index (χ0n) is 25.5. The van der Waals surface area contributed by atoms with Crippen molar-refractivity contribution < 1.29 is 22.7 Å². The van der Waals surface area contributed by atoms with Gasteiger partial charge in [0, 0.05) is 36.4 Å². The highest BCUT2D eigenvalue weighted by molar-refractivity contribution is 9.10. The normalized spacial score (nSPS) is 14.4. The van der Waals surface area contributed by atoms with Crippen molar-refractivity contribution in [1.82, 2.24) is 10.2 Å². The van der Waals surface area contributed by atoms with Gasteiger partial charge < -0.3 is 15.0 Å². The van der Waals surface area contributed by atoms with E-state index in [2.05, 4.69) is 21.2 Å². The summed E-state index contributed by atoms with van der Waals surface area (Å²) in [6, 6.07) is 23.8. The van der Waals surface area contributed by atoms with Gasteiger partial charge in [0.1, 0.15) is 11.8 Å². The van der Waals surface area contributed by atoms with E-state index in [0.717, 1.165) is 47.5 Å². The summed E-state index contributed by atoms with van der Waals surface area (Å²) in [4.78, 5) is 29.7. The van der Waals surface area contributed by atoms with Crippen LogP contribution in [0.2, 0.25) is 0 Å². The third kappa shape index (κ3) is 9.56. The van der Waals surface area contributed by atoms with Crippen LogP contribution in [0.5, 0.6) is 5.75 Å². The molecule has 1 fully saturated rings. The molecule has 0 spiro atoms. The molecule has 0 heterocycles. The Kier molecular flexibility index (Phi) is 12.3. The second kappa shape index (κ2) is 16.1. The van der Waals surface area contributed by atoms with Crippen LogP contribution < -0.4 is 14.4 Å². The molecule has 1 aliphatic carbocycles. The number of nitrogens with one attached hydrogen (secondary N) is 1. The van der Waals surface area contributed by atoms with Gasteiger partial charge in [-0.3, -0.25) is 13.9 Å². The van der Waals surface area contributed by atoms with Gasteiger partial charge in [0.15, 0.2) is 0 Å². The van der Waals surface area contributed by atoms with Gasteiger partial charge in [-0.15, -0.1) is 0 Å². The molecule has 4 rings (SSSR count). The SMILES string of the molecule is COc1ccccc1N(CCCC(=O)N(Cc1ccc(Br)cc1)[C@H](Cc1ccccc1)C(=O)NC1CCCCC1)S(C)(=O)=O. The maximum Gasteiger partial charge on any atom is 0.243 e. The molecule has 0 unspecified atom stereocenters. The van der Waals surface area contributed by atoms with E-state index in [4.69, 9.17) is 4.74 Å². The summed E-state index contributed by atoms with van der Waals surface area (Å²) in [6.07, 6.45) is 7.07. The van der Waals surface area contributed by atoms with Crippen molar-refractivity contribution in [2.24, 2.45) is 0 Å². The quantitative estimate of drug-likeness (QED) is 0.222. The Hall–Kier alpha value is -3.37. The minimum Gasteiger partial charge on any atom is -0.495 e. The summed E-state index contributed by atoms with van der Waals surface area (Å²) >= 11 is 3.48. The predicted octanol–water partition coefficient (Wildman–Crippen LogP) is 6.09. The first-order chi connectivity index (χ1) is 21.2. The fourth-order valence-electron chi connectivity index (χ4n) is 5.70. The van der Waals surface area contributed by atoms with Gasteiger partial charge >= 0.3 is 0 Å². The Morgan fingerprint density at radius 1 is 0.932 bits per heavy atom. The summed E-state index contributed by atoms with van der Waals surface area (Å²) in [6.45, 7) is 0.346. The Labute approximate surface area is 270 Å². The number of para-hydroxylation sites is 2. The summed E-state index contributed by atoms with van der Waals surface area (Å²) in [5.74, 6) is 0.0718. The summed E-state index contributed by atoms with van der Waals surface area (Å²) in [5.41, 5.74) is 2.28. The molecular weight excluding hydrogens is 642 g/mol. The van der Waals surface area contributed by atoms with Gasteiger partial charge in [0.05, 0.1) is 19.1 Å². The molecule has 0 bridgehead atoms. The number of hydrogen-bond donors (Lipinski definition) is 1. The van der Waals surface area contributed by atoms with E-state index in [0.29, 0.717) is 17.9 Å². The van der Waals surface area contributed by atoms with E-state index < -0.39 is 16.1 Å². The van der Waals surface area contributed by atoms with Crippen molar-refractivity contribution in [3.05, 3.63) is 94.5 Å². The van der Waals surface area contributed by atoms with E-state index in [1.54, 1.807) is 29.2 Å². The smallest absolute Gasteiger partial charge is 0.243 e. The van der Waals surface area contributed by atoms with Crippen LogP contribution in [0.15, 0.2) is 83.3 Å². The monoisotopic (exact) mass is 683 g/mol. The van der Waals surface area contributed by atoms with E-state index in [9.17, 15) is 18.0 Å². The van der Waals surface area contributed by atoms with Crippen molar-refractivity contribution >= 4 is 43.5 Å². The third-order valence-corrected chi connectivity index (χ3v) is 9.70. The second-order valence-electron chi connectivity index (χ2n) is 11.3. The number of halogens is 1. The molecule has 0 radical (unpaired) electrons. The predicted molar refractivity (Wildman–Crippen MR) is 178 cm³/mol. The first kappa shape index (κ1) is 33.5. The van der Waals surface area contributed by atoms with Crippen LogP contribution >= 0.6 is 15.9 Å². The molecule has 44 heavy (non-hydrogen) atoms. The van der Waals surface area contributed by atoms with Crippen LogP contribution in [0.4, 0.5) is 5.69 Å². The molecule has 10 heteroatoms. The summed E-state index contributed by atoms with van der Waals surface area (Å²) < 4.78 is 33.2. The first-order valence-corrected chi connectivity index (χ1v) is 17.8. The average Bonchev–Trinajstić information content (AvgIpc) is 3.02. The molecule has 0 aromatic heterocycles. The average molecular weight is 685 g/mol. The number of amides is 2. The molecule has 1 aliphatic rings. The van der Waals surface area contributed by atoms with Crippen LogP contribution in [0.3, 0.4) is 0 Å². The van der Waals surface area contributed by atoms with Crippen LogP contribution in [-0.2, 0) is 32.6 Å². The van der Waals surface area contributed by atoms with E-state index in [-0.39, 0.29) is 43.8 Å². The maximum atomic E-state index is 14.1. The molecule has 1 saturated carbocycles. The lowest BCUT2D eigenvalue weighted by molar-refractivity contribution is -0.141. The molecule has 236 valence electrons. The zero-order chi connectivity index (χ0) is 31.5. The standard InChI is InChI=1S/C34H42BrN3O5S/c1-43-32-17-10-9-16-30(32)38(44(2,41)42)23-11-18-33(39)37(25-27-19-21-28(35)22-20-27)31(24-26-12-5-3-6-13-26)34(40)36-29-14-7-4-8-15-29/h3,5-6,9-10,12-13,16-17,19-22,29,31H,4,7-8,11,14-15,18,23-25H2,1-2H3,(H,36,40)/t31-/m1/s1. The first-order valence-electron chi connectivity index (χ1n) is 15.1. The lowest BCUT2D eigenvalue weighted by Crippen LogP contribution is -2.52. The minimum atomic E-state index is -3.65. The number of ether oxygens (including phenoxy) is 1. The largest absolute Gasteiger partial charge is 0.495 e. The van der Waals surface area contributed by atoms with Crippen molar-refractivity contribution in [2.75, 3.05) is 24.2 Å². The van der Waals surface area contributed by atoms with Gasteiger partial charge in [-0.1, -0.05) is 89.8 Å². The number of carbonyl (C=O) groups is 2. The van der Waals surface area contributed by atoms with Gasteiger partial charge in [0.25, 0.3) is 0 Å². The highest BCUT2D eigenvalue weighted by atomic mass is 79.9. The number of hydrogen-bond acceptors (Lipinski definition) is 5. The highest BCUT2D eigenvalue weighted by Crippen LogP contribution is 2.30. The van der Waals surface area contributed by atoms with E-state index in [1.165, 1.54) is 17.8 Å². The van der Waals surface area contributed by atoms with Gasteiger partial charge in [-0.25, -0.2) is 8.42 Å². The second-order valence-corrected chi connectivity index (χ2v) is 14.1. The van der Waals surface area contributed by atoms with Gasteiger partial charge in [0.2, 0.25) is 21.8 Å². The van der Waals surface area contributed by atoms with Crippen LogP contribution in [0.1, 0.15) is 56.1 Å². The molecule has 0 saturated heterocycles. The number of carbonyl (C=O) groups excluding carboxylic acids is 2. The molecule has 1 atom stereocenters. The molecule has 1 N–H and O–H groups in total. The molecule has 8 nitrogen and oxygen atoms in total. The van der Waals surface area contributed by atoms with Gasteiger partial charge in [-0.2, -0.15) is 0 Å². The van der Waals surface area contributed by atoms with Gasteiger partial charge in [-0.05, 0) is 54.7 Å². The van der Waals surface area contributed by atoms with Crippen LogP contribution in [0, 0.1) is 0 Å². The number of sulfonamides is 1. The molecule has 2 amide bonds. The summed E-state index contributed by atoms with van der Waals surface area (Å²) in [7, 11) is -2.15. The number of methoxy groups -OCH3 is 1. The topological polar surface area (TPSA) is 96.0 Å². The minimum absolute atomic E-state index is 0.0691. The van der Waals surface area contributed by atoms with Crippen molar-refractivity contribution in [3.63, 3.8) is 0 Å². The molecule has 0 aliphatic heterocycles. The third-order valence-electron chi connectivity index (χ3n) is 7.99. The fourth-order valence-corrected chi connectivity index (χ4v) is 6.94. The highest BCUT2D eigenvalue weighted by Gasteiger charge is 2.32. The van der Waals surface area contributed by atoms with E-state index >= 15 is 0 Å². The number of rotatable bonds is 14. The number of anilines is 1. The number of nitrogens with zero attached hydrogens (tertiary/aromatic N) is 2. The Balaban J connectivity index is 1.59. The lowest BCUT2D eigenvalue weighted by Gasteiger charge is -2.34. The van der Waals surface area contributed by atoms with Crippen molar-refractivity contribution in [1.29, 1.82) is 0 Å². The maximum absolute atomic E-state index is 14.1. The molecule has 3 aromatic carbocycles. The summed E-state index contributed by atoms with van der Waals surface area (Å²) in [5, 5.41) is 3.26. The van der Waals surface area contributed by atoms with E-state index in [1.807, 2.05) is 54.6 Å².